The van der Waals surface area contributed by atoms with Crippen LogP contribution >= 0.6 is 21.6 Å². The van der Waals surface area contributed by atoms with Gasteiger partial charge in [-0.15, -0.1) is 0 Å². The number of pyridine rings is 1. The number of nitrogens with one attached hydrogen (secondary N) is 2. The van der Waals surface area contributed by atoms with Gasteiger partial charge in [-0.1, -0.05) is 51.6 Å². The van der Waals surface area contributed by atoms with Crippen LogP contribution in [-0.2, 0) is 14.3 Å². The molecule has 1 unspecified atom stereocenters. The predicted molar refractivity (Wildman–Crippen MR) is 142 cm³/mol. The number of aliphatic hydroxyl groups excluding tert-OH is 1. The summed E-state index contributed by atoms with van der Waals surface area (Å²) < 4.78 is 50.4. The molecule has 3 N–H and O–H groups in total. The topological polar surface area (TPSA) is 119 Å². The molecule has 0 aliphatic carbocycles. The zero-order valence-corrected chi connectivity index (χ0v) is 22.5. The molecule has 0 spiro atoms. The Labute approximate surface area is 230 Å². The summed E-state index contributed by atoms with van der Waals surface area (Å²) in [6.45, 7) is 0.880. The van der Waals surface area contributed by atoms with Gasteiger partial charge >= 0.3 is 12.1 Å². The Morgan fingerprint density at radius 2 is 2.03 bits per heavy atom. The fourth-order valence-corrected chi connectivity index (χ4v) is 5.12. The number of amides is 2. The molecule has 0 saturated carbocycles. The van der Waals surface area contributed by atoms with Gasteiger partial charge in [0.1, 0.15) is 17.8 Å². The molecule has 1 aromatic heterocycles. The smallest absolute Gasteiger partial charge is 0.394 e. The molecule has 1 aromatic carbocycles. The maximum atomic E-state index is 13.0. The minimum atomic E-state index is -5.06. The van der Waals surface area contributed by atoms with E-state index < -0.39 is 48.5 Å². The predicted octanol–water partition coefficient (Wildman–Crippen LogP) is 3.15. The van der Waals surface area contributed by atoms with Crippen LogP contribution in [0.15, 0.2) is 47.4 Å². The SMILES string of the molecule is CSS[C@H](C)OC1C[C@H](n2cc(C#CCNC(=O)C(F)(F)F)c(NC(=O)c3ccccc3)cc2=O)O[C@@H]1CO. The maximum Gasteiger partial charge on any atom is 0.471 e. The minimum absolute atomic E-state index is 0.0225. The first kappa shape index (κ1) is 30.6. The van der Waals surface area contributed by atoms with E-state index in [9.17, 15) is 32.7 Å². The van der Waals surface area contributed by atoms with Crippen LogP contribution in [0.25, 0.3) is 0 Å². The lowest BCUT2D eigenvalue weighted by molar-refractivity contribution is -0.173. The van der Waals surface area contributed by atoms with Crippen LogP contribution in [0, 0.1) is 11.8 Å². The molecule has 2 amide bonds. The van der Waals surface area contributed by atoms with Crippen LogP contribution in [0.1, 0.15) is 35.5 Å². The molecule has 2 aromatic rings. The highest BCUT2D eigenvalue weighted by atomic mass is 33.1. The van der Waals surface area contributed by atoms with Gasteiger partial charge in [0.25, 0.3) is 11.5 Å². The quantitative estimate of drug-likeness (QED) is 0.233. The average molecular weight is 586 g/mol. The second kappa shape index (κ2) is 13.9. The number of carbonyl (C=O) groups is 2. The van der Waals surface area contributed by atoms with Crippen LogP contribution in [-0.4, -0.2) is 64.7 Å². The molecule has 1 fully saturated rings. The van der Waals surface area contributed by atoms with Crippen LogP contribution in [0.3, 0.4) is 0 Å². The maximum absolute atomic E-state index is 13.0. The highest BCUT2D eigenvalue weighted by Crippen LogP contribution is 2.34. The standard InChI is InChI=1S/C25H26F3N3O6S2/c1-15(39-38-2)36-19-12-22(37-20(19)14-32)31-13-17(9-6-10-29-24(35)25(26,27)28)18(11-21(31)33)30-23(34)16-7-4-3-5-8-16/h3-5,7-8,11,13,15,19-20,22,32H,10,12,14H2,1-2H3,(H,29,35)(H,30,34)/t15-,19?,20-,22-/m1/s1. The third-order valence-corrected chi connectivity index (χ3v) is 7.42. The first-order valence-electron chi connectivity index (χ1n) is 11.6. The Balaban J connectivity index is 1.90. The van der Waals surface area contributed by atoms with E-state index in [2.05, 4.69) is 17.2 Å². The van der Waals surface area contributed by atoms with Crippen molar-refractivity contribution in [1.29, 1.82) is 0 Å². The van der Waals surface area contributed by atoms with Gasteiger partial charge in [0.2, 0.25) is 0 Å². The summed E-state index contributed by atoms with van der Waals surface area (Å²) in [4.78, 5) is 36.8. The van der Waals surface area contributed by atoms with Crippen LogP contribution in [0.5, 0.6) is 0 Å². The van der Waals surface area contributed by atoms with E-state index in [1.54, 1.807) is 35.6 Å². The molecule has 210 valence electrons. The fourth-order valence-electron chi connectivity index (χ4n) is 3.71. The number of aliphatic hydroxyl groups is 1. The summed E-state index contributed by atoms with van der Waals surface area (Å²) in [5.74, 6) is 2.33. The number of hydrogen-bond donors (Lipinski definition) is 3. The van der Waals surface area contributed by atoms with Crippen molar-refractivity contribution in [2.45, 2.75) is 43.4 Å². The lowest BCUT2D eigenvalue weighted by Gasteiger charge is -2.20. The number of aromatic nitrogens is 1. The van der Waals surface area contributed by atoms with Crippen molar-refractivity contribution in [2.75, 3.05) is 24.7 Å². The van der Waals surface area contributed by atoms with E-state index in [-0.39, 0.29) is 29.7 Å². The second-order valence-corrected chi connectivity index (χ2v) is 11.0. The van der Waals surface area contributed by atoms with Crippen molar-refractivity contribution >= 4 is 39.1 Å². The van der Waals surface area contributed by atoms with E-state index in [1.807, 2.05) is 13.2 Å². The zero-order chi connectivity index (χ0) is 28.6. The van der Waals surface area contributed by atoms with Gasteiger partial charge in [-0.2, -0.15) is 13.2 Å². The Bertz CT molecular complexity index is 1280. The minimum Gasteiger partial charge on any atom is -0.394 e. The second-order valence-electron chi connectivity index (χ2n) is 8.20. The fraction of sp³-hybridized carbons (Fsp3) is 0.400. The lowest BCUT2D eigenvalue weighted by atomic mass is 10.1. The van der Waals surface area contributed by atoms with E-state index in [0.29, 0.717) is 5.56 Å². The van der Waals surface area contributed by atoms with Crippen molar-refractivity contribution < 1.29 is 37.3 Å². The molecule has 1 saturated heterocycles. The number of halogens is 3. The Morgan fingerprint density at radius 3 is 2.67 bits per heavy atom. The van der Waals surface area contributed by atoms with Gasteiger partial charge in [0.15, 0.2) is 0 Å². The van der Waals surface area contributed by atoms with E-state index >= 15 is 0 Å². The third kappa shape index (κ3) is 8.51. The summed E-state index contributed by atoms with van der Waals surface area (Å²) in [7, 11) is 3.00. The monoisotopic (exact) mass is 585 g/mol. The highest BCUT2D eigenvalue weighted by molar-refractivity contribution is 8.76. The molecule has 9 nitrogen and oxygen atoms in total. The van der Waals surface area contributed by atoms with Gasteiger partial charge in [-0.05, 0) is 25.3 Å². The third-order valence-electron chi connectivity index (χ3n) is 5.45. The average Bonchev–Trinajstić information content (AvgIpc) is 3.29. The normalized spacial score (nSPS) is 19.6. The number of hydrogen-bond acceptors (Lipinski definition) is 8. The highest BCUT2D eigenvalue weighted by Gasteiger charge is 2.39. The summed E-state index contributed by atoms with van der Waals surface area (Å²) in [5, 5.41) is 14.0. The first-order chi connectivity index (χ1) is 18.5. The number of alkyl halides is 3. The molecule has 1 aliphatic heterocycles. The Hall–Kier alpha value is -2.96. The van der Waals surface area contributed by atoms with Crippen LogP contribution in [0.4, 0.5) is 18.9 Å². The number of carbonyl (C=O) groups excluding carboxylic acids is 2. The molecule has 14 heteroatoms. The molecular weight excluding hydrogens is 559 g/mol. The molecule has 0 radical (unpaired) electrons. The van der Waals surface area contributed by atoms with Gasteiger partial charge in [0, 0.05) is 24.2 Å². The van der Waals surface area contributed by atoms with E-state index in [1.165, 1.54) is 32.4 Å². The van der Waals surface area contributed by atoms with Crippen molar-refractivity contribution in [3.63, 3.8) is 0 Å². The van der Waals surface area contributed by atoms with E-state index in [0.717, 1.165) is 6.07 Å². The van der Waals surface area contributed by atoms with Gasteiger partial charge in [-0.3, -0.25) is 19.0 Å². The lowest BCUT2D eigenvalue weighted by Crippen LogP contribution is -2.36. The Kier molecular flexibility index (Phi) is 10.9. The number of nitrogens with zero attached hydrogens (tertiary/aromatic N) is 1. The number of rotatable bonds is 9. The van der Waals surface area contributed by atoms with E-state index in [4.69, 9.17) is 9.47 Å². The molecule has 3 rings (SSSR count). The van der Waals surface area contributed by atoms with Crippen molar-refractivity contribution in [2.24, 2.45) is 0 Å². The van der Waals surface area contributed by atoms with Gasteiger partial charge < -0.3 is 25.2 Å². The van der Waals surface area contributed by atoms with Crippen LogP contribution < -0.4 is 16.2 Å². The van der Waals surface area contributed by atoms with Crippen LogP contribution in [0.2, 0.25) is 0 Å². The summed E-state index contributed by atoms with van der Waals surface area (Å²) >= 11 is 0. The number of anilines is 1. The van der Waals surface area contributed by atoms with Crippen molar-refractivity contribution in [3.8, 4) is 11.8 Å². The molecule has 39 heavy (non-hydrogen) atoms. The summed E-state index contributed by atoms with van der Waals surface area (Å²) in [6, 6.07) is 9.28. The molecule has 4 atom stereocenters. The molecular formula is C25H26F3N3O6S2. The summed E-state index contributed by atoms with van der Waals surface area (Å²) in [5.41, 5.74) is -0.334. The van der Waals surface area contributed by atoms with Crippen molar-refractivity contribution in [3.05, 3.63) is 64.1 Å². The van der Waals surface area contributed by atoms with Gasteiger partial charge in [0.05, 0.1) is 30.5 Å². The zero-order valence-electron chi connectivity index (χ0n) is 20.9. The van der Waals surface area contributed by atoms with Crippen molar-refractivity contribution in [1.82, 2.24) is 9.88 Å². The number of benzene rings is 1. The summed E-state index contributed by atoms with van der Waals surface area (Å²) in [6.07, 6.45) is -3.66. The molecule has 0 bridgehead atoms. The molecule has 2 heterocycles. The van der Waals surface area contributed by atoms with Gasteiger partial charge in [-0.25, -0.2) is 0 Å². The largest absolute Gasteiger partial charge is 0.471 e. The first-order valence-corrected chi connectivity index (χ1v) is 14.2. The molecule has 1 aliphatic rings. The number of ether oxygens (including phenoxy) is 2. The Morgan fingerprint density at radius 1 is 1.31 bits per heavy atom.